The van der Waals surface area contributed by atoms with Crippen LogP contribution in [0.5, 0.6) is 0 Å². The quantitative estimate of drug-likeness (QED) is 0.0805. The number of ether oxygens (including phenoxy) is 3. The van der Waals surface area contributed by atoms with Gasteiger partial charge in [-0.3, -0.25) is 9.59 Å². The van der Waals surface area contributed by atoms with E-state index in [1.54, 1.807) is 67.5 Å². The minimum atomic E-state index is -1.51. The van der Waals surface area contributed by atoms with Crippen LogP contribution in [-0.2, 0) is 44.8 Å². The van der Waals surface area contributed by atoms with Gasteiger partial charge in [0, 0.05) is 5.92 Å². The van der Waals surface area contributed by atoms with E-state index in [4.69, 9.17) is 19.0 Å². The zero-order valence-corrected chi connectivity index (χ0v) is 35.4. The van der Waals surface area contributed by atoms with Gasteiger partial charge in [0.2, 0.25) is 5.91 Å². The van der Waals surface area contributed by atoms with Crippen molar-refractivity contribution >= 4 is 35.9 Å². The lowest BCUT2D eigenvalue weighted by Crippen LogP contribution is -2.61. The molecule has 0 fully saturated rings. The second-order valence-electron chi connectivity index (χ2n) is 16.3. The first kappa shape index (κ1) is 45.8. The highest BCUT2D eigenvalue weighted by atomic mass is 16.7. The zero-order valence-electron chi connectivity index (χ0n) is 35.4. The van der Waals surface area contributed by atoms with Crippen molar-refractivity contribution in [3.8, 4) is 11.1 Å². The Bertz CT molecular complexity index is 1900. The maximum absolute atomic E-state index is 14.7. The third-order valence-corrected chi connectivity index (χ3v) is 9.88. The van der Waals surface area contributed by atoms with Gasteiger partial charge < -0.3 is 35.0 Å². The van der Waals surface area contributed by atoms with E-state index in [0.717, 1.165) is 27.8 Å². The van der Waals surface area contributed by atoms with Gasteiger partial charge in [-0.25, -0.2) is 19.2 Å². The molecule has 0 unspecified atom stereocenters. The molecule has 14 nitrogen and oxygen atoms in total. The molecule has 3 N–H and O–H groups in total. The molecule has 4 rings (SSSR count). The minimum absolute atomic E-state index is 0.0235. The fourth-order valence-corrected chi connectivity index (χ4v) is 6.66. The molecule has 3 aromatic rings. The van der Waals surface area contributed by atoms with E-state index in [1.165, 1.54) is 0 Å². The fourth-order valence-electron chi connectivity index (χ4n) is 6.66. The minimum Gasteiger partial charge on any atom is -0.459 e. The Morgan fingerprint density at radius 3 is 1.83 bits per heavy atom. The summed E-state index contributed by atoms with van der Waals surface area (Å²) in [5.41, 5.74) is 3.99. The molecule has 4 atom stereocenters. The van der Waals surface area contributed by atoms with Gasteiger partial charge in [-0.1, -0.05) is 127 Å². The number of nitrogens with one attached hydrogen (secondary N) is 3. The molecule has 318 valence electrons. The van der Waals surface area contributed by atoms with Gasteiger partial charge >= 0.3 is 24.1 Å². The first-order valence-electron chi connectivity index (χ1n) is 20.0. The topological polar surface area (TPSA) is 179 Å². The molecular formula is C45H58N4O10. The molecule has 0 spiro atoms. The number of hydrogen-bond acceptors (Lipinski definition) is 10. The second-order valence-corrected chi connectivity index (χ2v) is 16.3. The van der Waals surface area contributed by atoms with Crippen LogP contribution < -0.4 is 16.0 Å². The standard InChI is InChI=1S/C45H58N4O10/c1-10-29(6)38(48-44(55)57-26-35-33-22-16-14-20-31(33)32-21-15-17-23-34(32)35)41(52)49(59-36(50)24-46-43(54)58-45(7,8)9)39(28(4)5)40(51)47-37(27(2)3)42(53)56-25-30-18-12-11-13-19-30/h11-23,27-29,35,37-39H,10,24-26H2,1-9H3,(H,46,54)(H,47,51)(H,48,55)/t29-,37-,38-,39-/m0/s1. The number of hydrogen-bond donors (Lipinski definition) is 3. The van der Waals surface area contributed by atoms with Crippen molar-refractivity contribution in [2.45, 2.75) is 105 Å². The van der Waals surface area contributed by atoms with E-state index in [-0.39, 0.29) is 19.1 Å². The number of esters is 1. The van der Waals surface area contributed by atoms with E-state index in [1.807, 2.05) is 73.7 Å². The molecule has 0 aliphatic heterocycles. The Hall–Kier alpha value is -5.92. The maximum Gasteiger partial charge on any atom is 0.408 e. The zero-order chi connectivity index (χ0) is 43.4. The summed E-state index contributed by atoms with van der Waals surface area (Å²) in [6, 6.07) is 20.8. The first-order chi connectivity index (χ1) is 27.9. The Balaban J connectivity index is 1.59. The number of benzene rings is 3. The van der Waals surface area contributed by atoms with E-state index in [2.05, 4.69) is 16.0 Å². The average molecular weight is 815 g/mol. The molecule has 14 heteroatoms. The largest absolute Gasteiger partial charge is 0.459 e. The van der Waals surface area contributed by atoms with Crippen molar-refractivity contribution in [1.82, 2.24) is 21.0 Å². The number of carbonyl (C=O) groups excluding carboxylic acids is 6. The predicted octanol–water partition coefficient (Wildman–Crippen LogP) is 6.66. The summed E-state index contributed by atoms with van der Waals surface area (Å²) in [5.74, 6) is -5.49. The maximum atomic E-state index is 14.7. The first-order valence-corrected chi connectivity index (χ1v) is 20.0. The third kappa shape index (κ3) is 12.5. The van der Waals surface area contributed by atoms with Crippen LogP contribution in [0.25, 0.3) is 11.1 Å². The summed E-state index contributed by atoms with van der Waals surface area (Å²) in [4.78, 5) is 87.3. The molecule has 59 heavy (non-hydrogen) atoms. The smallest absolute Gasteiger partial charge is 0.408 e. The van der Waals surface area contributed by atoms with Gasteiger partial charge in [0.1, 0.15) is 37.4 Å². The van der Waals surface area contributed by atoms with Gasteiger partial charge in [-0.05, 0) is 66.3 Å². The van der Waals surface area contributed by atoms with Gasteiger partial charge in [0.05, 0.1) is 0 Å². The Labute approximate surface area is 346 Å². The van der Waals surface area contributed by atoms with Gasteiger partial charge in [-0.15, -0.1) is 0 Å². The van der Waals surface area contributed by atoms with Gasteiger partial charge in [0.25, 0.3) is 5.91 Å². The molecule has 0 heterocycles. The third-order valence-electron chi connectivity index (χ3n) is 9.88. The van der Waals surface area contributed by atoms with Gasteiger partial charge in [0.15, 0.2) is 6.04 Å². The number of hydroxylamine groups is 2. The highest BCUT2D eigenvalue weighted by Gasteiger charge is 2.43. The van der Waals surface area contributed by atoms with Crippen molar-refractivity contribution in [2.24, 2.45) is 17.8 Å². The molecule has 1 aliphatic rings. The monoisotopic (exact) mass is 814 g/mol. The number of carbonyl (C=O) groups is 6. The van der Waals surface area contributed by atoms with Crippen LogP contribution in [0.2, 0.25) is 0 Å². The van der Waals surface area contributed by atoms with Crippen molar-refractivity contribution in [3.05, 3.63) is 95.6 Å². The molecule has 0 aromatic heterocycles. The van der Waals surface area contributed by atoms with Crippen molar-refractivity contribution in [1.29, 1.82) is 0 Å². The molecular weight excluding hydrogens is 757 g/mol. The molecule has 4 amide bonds. The summed E-state index contributed by atoms with van der Waals surface area (Å²) < 4.78 is 16.5. The van der Waals surface area contributed by atoms with Crippen molar-refractivity contribution < 1.29 is 47.8 Å². The molecule has 0 saturated heterocycles. The summed E-state index contributed by atoms with van der Waals surface area (Å²) in [6.45, 7) is 14.4. The van der Waals surface area contributed by atoms with Crippen LogP contribution in [0.15, 0.2) is 78.9 Å². The van der Waals surface area contributed by atoms with E-state index in [9.17, 15) is 28.8 Å². The second kappa shape index (κ2) is 20.7. The van der Waals surface area contributed by atoms with Crippen LogP contribution in [0.3, 0.4) is 0 Å². The summed E-state index contributed by atoms with van der Waals surface area (Å²) >= 11 is 0. The number of alkyl carbamates (subject to hydrolysis) is 2. The number of nitrogens with zero attached hydrogens (tertiary/aromatic N) is 1. The van der Waals surface area contributed by atoms with E-state index in [0.29, 0.717) is 11.5 Å². The summed E-state index contributed by atoms with van der Waals surface area (Å²) in [6.07, 6.45) is -1.41. The van der Waals surface area contributed by atoms with E-state index < -0.39 is 84.0 Å². The molecule has 0 radical (unpaired) electrons. The molecule has 3 aromatic carbocycles. The summed E-state index contributed by atoms with van der Waals surface area (Å²) in [5, 5.41) is 8.30. The Morgan fingerprint density at radius 2 is 1.29 bits per heavy atom. The van der Waals surface area contributed by atoms with Gasteiger partial charge in [-0.2, -0.15) is 5.06 Å². The molecule has 0 bridgehead atoms. The summed E-state index contributed by atoms with van der Waals surface area (Å²) in [7, 11) is 0. The Kier molecular flexibility index (Phi) is 16.0. The number of fused-ring (bicyclic) bond motifs is 3. The lowest BCUT2D eigenvalue weighted by molar-refractivity contribution is -0.212. The fraction of sp³-hybridized carbons (Fsp3) is 0.467. The molecule has 1 aliphatic carbocycles. The number of rotatable bonds is 16. The average Bonchev–Trinajstić information content (AvgIpc) is 3.51. The Morgan fingerprint density at radius 1 is 0.712 bits per heavy atom. The van der Waals surface area contributed by atoms with E-state index >= 15 is 0 Å². The lowest BCUT2D eigenvalue weighted by Gasteiger charge is -2.36. The van der Waals surface area contributed by atoms with Crippen LogP contribution in [0.1, 0.15) is 91.3 Å². The van der Waals surface area contributed by atoms with Crippen molar-refractivity contribution in [3.63, 3.8) is 0 Å². The van der Waals surface area contributed by atoms with Crippen LogP contribution in [0, 0.1) is 17.8 Å². The van der Waals surface area contributed by atoms with Crippen molar-refractivity contribution in [2.75, 3.05) is 13.2 Å². The molecule has 0 saturated carbocycles. The lowest BCUT2D eigenvalue weighted by atomic mass is 9.95. The normalized spacial score (nSPS) is 14.2. The SMILES string of the molecule is CC[C@H](C)[C@H](NC(=O)OCC1c2ccccc2-c2ccccc21)C(=O)N(OC(=O)CNC(=O)OC(C)(C)C)[C@H](C(=O)N[C@H](C(=O)OCc1ccccc1)C(C)C)C(C)C. The highest BCUT2D eigenvalue weighted by molar-refractivity contribution is 5.94. The number of amides is 4. The van der Waals surface area contributed by atoms with Crippen LogP contribution in [0.4, 0.5) is 9.59 Å². The van der Waals surface area contributed by atoms with Crippen LogP contribution in [-0.4, -0.2) is 77.9 Å². The predicted molar refractivity (Wildman–Crippen MR) is 220 cm³/mol. The van der Waals surface area contributed by atoms with Crippen LogP contribution >= 0.6 is 0 Å². The highest BCUT2D eigenvalue weighted by Crippen LogP contribution is 2.44.